The van der Waals surface area contributed by atoms with Gasteiger partial charge in [0, 0.05) is 19.3 Å². The molecule has 3 amide bonds. The van der Waals surface area contributed by atoms with E-state index in [1.165, 1.54) is 6.92 Å². The van der Waals surface area contributed by atoms with E-state index in [1.807, 2.05) is 0 Å². The molecule has 3 rings (SSSR count). The van der Waals surface area contributed by atoms with Crippen LogP contribution in [0.2, 0.25) is 0 Å². The van der Waals surface area contributed by atoms with Gasteiger partial charge in [0.2, 0.25) is 5.91 Å². The van der Waals surface area contributed by atoms with Crippen LogP contribution < -0.4 is 5.32 Å². The molecule has 1 N–H and O–H groups in total. The minimum atomic E-state index is -0.922. The van der Waals surface area contributed by atoms with Gasteiger partial charge in [-0.15, -0.1) is 0 Å². The Balaban J connectivity index is 1.81. The number of rotatable bonds is 3. The first-order valence-electron chi connectivity index (χ1n) is 6.76. The Labute approximate surface area is 126 Å². The van der Waals surface area contributed by atoms with Crippen molar-refractivity contribution in [1.29, 1.82) is 0 Å². The van der Waals surface area contributed by atoms with Gasteiger partial charge in [0.15, 0.2) is 5.82 Å². The van der Waals surface area contributed by atoms with Crippen LogP contribution in [-0.4, -0.2) is 38.4 Å². The van der Waals surface area contributed by atoms with Crippen LogP contribution in [0.4, 0.5) is 5.82 Å². The van der Waals surface area contributed by atoms with Crippen LogP contribution >= 0.6 is 0 Å². The lowest BCUT2D eigenvalue weighted by molar-refractivity contribution is -0.119. The van der Waals surface area contributed by atoms with Crippen molar-refractivity contribution < 1.29 is 14.4 Å². The Kier molecular flexibility index (Phi) is 3.25. The molecular weight excluding hydrogens is 284 g/mol. The summed E-state index contributed by atoms with van der Waals surface area (Å²) >= 11 is 0. The van der Waals surface area contributed by atoms with Crippen molar-refractivity contribution in [2.75, 3.05) is 5.32 Å². The lowest BCUT2D eigenvalue weighted by atomic mass is 10.1. The van der Waals surface area contributed by atoms with Crippen LogP contribution in [0.5, 0.6) is 0 Å². The molecule has 7 heteroatoms. The Morgan fingerprint density at radius 3 is 2.23 bits per heavy atom. The van der Waals surface area contributed by atoms with Gasteiger partial charge in [-0.2, -0.15) is 5.10 Å². The summed E-state index contributed by atoms with van der Waals surface area (Å²) in [6, 6.07) is 7.25. The van der Waals surface area contributed by atoms with Crippen LogP contribution in [0.1, 0.15) is 27.6 Å². The summed E-state index contributed by atoms with van der Waals surface area (Å²) in [6.45, 7) is 1.51. The van der Waals surface area contributed by atoms with Gasteiger partial charge in [-0.05, 0) is 19.1 Å². The average molecular weight is 298 g/mol. The Bertz CT molecular complexity index is 746. The smallest absolute Gasteiger partial charge is 0.262 e. The first-order valence-corrected chi connectivity index (χ1v) is 6.76. The Hall–Kier alpha value is -2.96. The van der Waals surface area contributed by atoms with Crippen molar-refractivity contribution in [3.05, 3.63) is 47.7 Å². The van der Waals surface area contributed by atoms with E-state index in [-0.39, 0.29) is 0 Å². The third kappa shape index (κ3) is 2.16. The molecule has 0 fully saturated rings. The molecule has 22 heavy (non-hydrogen) atoms. The van der Waals surface area contributed by atoms with Crippen LogP contribution in [0, 0.1) is 0 Å². The van der Waals surface area contributed by atoms with Crippen molar-refractivity contribution >= 4 is 23.5 Å². The standard InChI is InChI=1S/C15H14N4O3/c1-9(13(20)16-12-7-8-18(2)17-12)19-14(21)10-5-3-4-6-11(10)15(19)22/h3-9H,1-2H3,(H,16,17,20)/t9-/m0/s1. The van der Waals surface area contributed by atoms with Crippen LogP contribution in [0.25, 0.3) is 0 Å². The second kappa shape index (κ2) is 5.10. The first-order chi connectivity index (χ1) is 10.5. The van der Waals surface area contributed by atoms with Crippen molar-refractivity contribution in [3.63, 3.8) is 0 Å². The molecule has 1 aromatic carbocycles. The summed E-state index contributed by atoms with van der Waals surface area (Å²) in [5.74, 6) is -1.00. The molecule has 1 aromatic heterocycles. The van der Waals surface area contributed by atoms with Crippen LogP contribution in [-0.2, 0) is 11.8 Å². The summed E-state index contributed by atoms with van der Waals surface area (Å²) in [4.78, 5) is 37.8. The van der Waals surface area contributed by atoms with Gasteiger partial charge in [0.25, 0.3) is 11.8 Å². The maximum absolute atomic E-state index is 12.3. The largest absolute Gasteiger partial charge is 0.307 e. The highest BCUT2D eigenvalue weighted by Gasteiger charge is 2.40. The summed E-state index contributed by atoms with van der Waals surface area (Å²) in [6.07, 6.45) is 1.68. The maximum Gasteiger partial charge on any atom is 0.262 e. The average Bonchev–Trinajstić information content (AvgIpc) is 3.01. The van der Waals surface area contributed by atoms with Crippen LogP contribution in [0.15, 0.2) is 36.5 Å². The Morgan fingerprint density at radius 2 is 1.73 bits per heavy atom. The van der Waals surface area contributed by atoms with Crippen molar-refractivity contribution in [2.45, 2.75) is 13.0 Å². The monoisotopic (exact) mass is 298 g/mol. The molecular formula is C15H14N4O3. The van der Waals surface area contributed by atoms with E-state index in [0.717, 1.165) is 4.90 Å². The minimum absolute atomic E-state index is 0.324. The number of nitrogens with zero attached hydrogens (tertiary/aromatic N) is 3. The third-order valence-corrected chi connectivity index (χ3v) is 3.56. The number of carbonyl (C=O) groups excluding carboxylic acids is 3. The number of benzene rings is 1. The zero-order valence-electron chi connectivity index (χ0n) is 12.1. The number of nitrogens with one attached hydrogen (secondary N) is 1. The molecule has 7 nitrogen and oxygen atoms in total. The maximum atomic E-state index is 12.3. The summed E-state index contributed by atoms with van der Waals surface area (Å²) in [7, 11) is 1.73. The highest BCUT2D eigenvalue weighted by atomic mass is 16.2. The number of aryl methyl sites for hydroxylation is 1. The fraction of sp³-hybridized carbons (Fsp3) is 0.200. The lowest BCUT2D eigenvalue weighted by Crippen LogP contribution is -2.45. The predicted octanol–water partition coefficient (Wildman–Crippen LogP) is 1.04. The number of amides is 3. The van der Waals surface area contributed by atoms with Gasteiger partial charge in [-0.1, -0.05) is 12.1 Å². The number of aromatic nitrogens is 2. The molecule has 1 atom stereocenters. The molecule has 0 spiro atoms. The van der Waals surface area contributed by atoms with E-state index in [2.05, 4.69) is 10.4 Å². The lowest BCUT2D eigenvalue weighted by Gasteiger charge is -2.21. The van der Waals surface area contributed by atoms with E-state index in [0.29, 0.717) is 16.9 Å². The zero-order chi connectivity index (χ0) is 15.9. The number of hydrogen-bond acceptors (Lipinski definition) is 4. The van der Waals surface area contributed by atoms with E-state index in [4.69, 9.17) is 0 Å². The van der Waals surface area contributed by atoms with E-state index < -0.39 is 23.8 Å². The van der Waals surface area contributed by atoms with Gasteiger partial charge in [-0.25, -0.2) is 0 Å². The molecule has 112 valence electrons. The SMILES string of the molecule is C[C@@H](C(=O)Nc1ccn(C)n1)N1C(=O)c2ccccc2C1=O. The summed E-state index contributed by atoms with van der Waals surface area (Å²) in [5.41, 5.74) is 0.648. The van der Waals surface area contributed by atoms with E-state index in [1.54, 1.807) is 48.3 Å². The van der Waals surface area contributed by atoms with Gasteiger partial charge < -0.3 is 5.32 Å². The summed E-state index contributed by atoms with van der Waals surface area (Å²) < 4.78 is 1.54. The predicted molar refractivity (Wildman–Crippen MR) is 78.2 cm³/mol. The van der Waals surface area contributed by atoms with E-state index in [9.17, 15) is 14.4 Å². The number of imide groups is 1. The fourth-order valence-electron chi connectivity index (χ4n) is 2.39. The van der Waals surface area contributed by atoms with Crippen molar-refractivity contribution in [1.82, 2.24) is 14.7 Å². The highest BCUT2D eigenvalue weighted by molar-refractivity contribution is 6.23. The molecule has 1 aliphatic rings. The zero-order valence-corrected chi connectivity index (χ0v) is 12.1. The number of fused-ring (bicyclic) bond motifs is 1. The molecule has 1 aliphatic heterocycles. The van der Waals surface area contributed by atoms with Crippen molar-refractivity contribution in [3.8, 4) is 0 Å². The molecule has 0 saturated carbocycles. The van der Waals surface area contributed by atoms with Gasteiger partial charge in [0.1, 0.15) is 6.04 Å². The second-order valence-electron chi connectivity index (χ2n) is 5.07. The second-order valence-corrected chi connectivity index (χ2v) is 5.07. The third-order valence-electron chi connectivity index (χ3n) is 3.56. The van der Waals surface area contributed by atoms with Crippen molar-refractivity contribution in [2.24, 2.45) is 7.05 Å². The molecule has 0 bridgehead atoms. The van der Waals surface area contributed by atoms with E-state index >= 15 is 0 Å². The van der Waals surface area contributed by atoms with Gasteiger partial charge in [0.05, 0.1) is 11.1 Å². The highest BCUT2D eigenvalue weighted by Crippen LogP contribution is 2.24. The molecule has 2 aromatic rings. The minimum Gasteiger partial charge on any atom is -0.307 e. The molecule has 2 heterocycles. The first kappa shape index (κ1) is 14.0. The normalized spacial score (nSPS) is 14.9. The number of carbonyl (C=O) groups is 3. The van der Waals surface area contributed by atoms with Gasteiger partial charge >= 0.3 is 0 Å². The number of anilines is 1. The Morgan fingerprint density at radius 1 is 1.14 bits per heavy atom. The van der Waals surface area contributed by atoms with Gasteiger partial charge in [-0.3, -0.25) is 24.0 Å². The van der Waals surface area contributed by atoms with Crippen LogP contribution in [0.3, 0.4) is 0 Å². The molecule has 0 radical (unpaired) electrons. The fourth-order valence-corrected chi connectivity index (χ4v) is 2.39. The summed E-state index contributed by atoms with van der Waals surface area (Å²) in [5, 5.41) is 6.62. The molecule has 0 unspecified atom stereocenters. The topological polar surface area (TPSA) is 84.3 Å². The quantitative estimate of drug-likeness (QED) is 0.858. The molecule has 0 aliphatic carbocycles. The molecule has 0 saturated heterocycles. The number of hydrogen-bond donors (Lipinski definition) is 1.